The molecule has 6 nitrogen and oxygen atoms in total. The first-order valence-electron chi connectivity index (χ1n) is 12.8. The number of rotatable bonds is 9. The molecule has 4 rings (SSSR count). The van der Waals surface area contributed by atoms with Gasteiger partial charge in [0.1, 0.15) is 0 Å². The van der Waals surface area contributed by atoms with Gasteiger partial charge >= 0.3 is 0 Å². The molecule has 0 bridgehead atoms. The molecule has 1 unspecified atom stereocenters. The Labute approximate surface area is 211 Å². The van der Waals surface area contributed by atoms with Crippen LogP contribution in [0.4, 0.5) is 0 Å². The van der Waals surface area contributed by atoms with E-state index in [0.29, 0.717) is 4.90 Å². The summed E-state index contributed by atoms with van der Waals surface area (Å²) in [6.45, 7) is 7.39. The summed E-state index contributed by atoms with van der Waals surface area (Å²) in [7, 11) is -3.13. The lowest BCUT2D eigenvalue weighted by atomic mass is 9.72. The summed E-state index contributed by atoms with van der Waals surface area (Å²) in [6.07, 6.45) is 7.22. The second-order valence-electron chi connectivity index (χ2n) is 10.1. The number of sulfone groups is 1. The lowest BCUT2D eigenvalue weighted by Gasteiger charge is -2.38. The Morgan fingerprint density at radius 1 is 0.971 bits per heavy atom. The molecular weight excluding hydrogens is 458 g/mol. The minimum Gasteiger partial charge on any atom is -0.359 e. The van der Waals surface area contributed by atoms with Gasteiger partial charge in [0.05, 0.1) is 4.90 Å². The van der Waals surface area contributed by atoms with E-state index in [1.165, 1.54) is 23.9 Å². The number of hydrogen-bond donors (Lipinski definition) is 3. The molecule has 2 atom stereocenters. The van der Waals surface area contributed by atoms with Crippen LogP contribution >= 0.6 is 0 Å². The third kappa shape index (κ3) is 8.44. The Morgan fingerprint density at radius 2 is 1.66 bits per heavy atom. The van der Waals surface area contributed by atoms with Crippen molar-refractivity contribution in [2.45, 2.75) is 49.8 Å². The Bertz CT molecular complexity index is 1000. The minimum atomic E-state index is -3.13. The van der Waals surface area contributed by atoms with Crippen LogP contribution in [0.2, 0.25) is 0 Å². The summed E-state index contributed by atoms with van der Waals surface area (Å²) in [5.74, 6) is 1.51. The van der Waals surface area contributed by atoms with E-state index in [1.54, 1.807) is 12.1 Å². The van der Waals surface area contributed by atoms with Gasteiger partial charge in [0.15, 0.2) is 9.84 Å². The number of carbonyl (C=O) groups excluding carboxylic acids is 1. The van der Waals surface area contributed by atoms with Crippen LogP contribution in [0.15, 0.2) is 59.5 Å². The number of carbonyl (C=O) groups is 1. The van der Waals surface area contributed by atoms with Gasteiger partial charge in [0, 0.05) is 25.3 Å². The van der Waals surface area contributed by atoms with E-state index in [4.69, 9.17) is 0 Å². The molecule has 0 aromatic heterocycles. The van der Waals surface area contributed by atoms with Crippen molar-refractivity contribution in [1.29, 1.82) is 0 Å². The summed E-state index contributed by atoms with van der Waals surface area (Å²) >= 11 is 0. The zero-order valence-corrected chi connectivity index (χ0v) is 21.9. The minimum absolute atomic E-state index is 0.261. The molecular formula is C28H41N3O3S. The van der Waals surface area contributed by atoms with Gasteiger partial charge < -0.3 is 16.0 Å². The maximum Gasteiger partial charge on any atom is 0.207 e. The van der Waals surface area contributed by atoms with E-state index in [-0.39, 0.29) is 5.41 Å². The normalized spacial score (nSPS) is 21.5. The molecule has 3 N–H and O–H groups in total. The molecule has 0 saturated carbocycles. The van der Waals surface area contributed by atoms with Gasteiger partial charge in [-0.25, -0.2) is 8.42 Å². The first-order valence-corrected chi connectivity index (χ1v) is 14.6. The summed E-state index contributed by atoms with van der Waals surface area (Å²) in [5, 5.41) is 9.59. The molecule has 35 heavy (non-hydrogen) atoms. The first kappa shape index (κ1) is 27.4. The molecule has 2 aliphatic heterocycles. The predicted octanol–water partition coefficient (Wildman–Crippen LogP) is 3.54. The number of hydrogen-bond acceptors (Lipinski definition) is 5. The largest absolute Gasteiger partial charge is 0.359 e. The zero-order chi connectivity index (χ0) is 25.2. The molecule has 0 spiro atoms. The van der Waals surface area contributed by atoms with E-state index in [1.807, 2.05) is 12.1 Å². The Balaban J connectivity index is 0.000000237. The van der Waals surface area contributed by atoms with Crippen LogP contribution in [0.3, 0.4) is 0 Å². The summed E-state index contributed by atoms with van der Waals surface area (Å²) in [6, 6.07) is 18.0. The molecule has 192 valence electrons. The molecule has 2 heterocycles. The second-order valence-corrected chi connectivity index (χ2v) is 12.2. The molecule has 7 heteroatoms. The van der Waals surface area contributed by atoms with Gasteiger partial charge in [-0.2, -0.15) is 0 Å². The van der Waals surface area contributed by atoms with Crippen molar-refractivity contribution in [3.8, 4) is 0 Å². The topological polar surface area (TPSA) is 87.3 Å². The van der Waals surface area contributed by atoms with Gasteiger partial charge in [0.2, 0.25) is 6.41 Å². The lowest BCUT2D eigenvalue weighted by Crippen LogP contribution is -2.39. The molecule has 2 saturated heterocycles. The predicted molar refractivity (Wildman–Crippen MR) is 142 cm³/mol. The van der Waals surface area contributed by atoms with Crippen molar-refractivity contribution in [1.82, 2.24) is 16.0 Å². The fraction of sp³-hybridized carbons (Fsp3) is 0.536. The molecule has 0 radical (unpaired) electrons. The van der Waals surface area contributed by atoms with Crippen molar-refractivity contribution in [2.24, 2.45) is 11.3 Å². The summed E-state index contributed by atoms with van der Waals surface area (Å²) in [5.41, 5.74) is 2.91. The standard InChI is InChI=1S/C17H26N2O3S.C11H15N/c1-23(21,22)16-4-2-15(3-5-16)6-7-17(10-13-19-14-20)8-11-18-12-9-17;1-9-7-12-8-11(9)10-5-3-2-4-6-10/h2-5,14,18H,6-13H2,1H3,(H,19,20);2-6,9,11-12H,7-8H2,1H3/t;9-,11?/m.0/s1. The fourth-order valence-electron chi connectivity index (χ4n) is 5.25. The van der Waals surface area contributed by atoms with Crippen LogP contribution < -0.4 is 16.0 Å². The van der Waals surface area contributed by atoms with E-state index < -0.39 is 9.84 Å². The third-order valence-electron chi connectivity index (χ3n) is 7.59. The van der Waals surface area contributed by atoms with Crippen molar-refractivity contribution in [3.05, 3.63) is 65.7 Å². The monoisotopic (exact) mass is 499 g/mol. The Hall–Kier alpha value is -2.22. The highest BCUT2D eigenvalue weighted by molar-refractivity contribution is 7.90. The van der Waals surface area contributed by atoms with Crippen molar-refractivity contribution in [2.75, 3.05) is 39.0 Å². The highest BCUT2D eigenvalue weighted by Crippen LogP contribution is 2.37. The van der Waals surface area contributed by atoms with Gasteiger partial charge in [-0.1, -0.05) is 49.4 Å². The molecule has 2 aromatic carbocycles. The molecule has 0 aliphatic carbocycles. The number of amides is 1. The second kappa shape index (κ2) is 13.2. The number of piperidine rings is 1. The van der Waals surface area contributed by atoms with E-state index in [0.717, 1.165) is 76.5 Å². The number of aryl methyl sites for hydroxylation is 1. The third-order valence-corrected chi connectivity index (χ3v) is 8.72. The van der Waals surface area contributed by atoms with Crippen LogP contribution in [0.25, 0.3) is 0 Å². The van der Waals surface area contributed by atoms with Gasteiger partial charge in [-0.15, -0.1) is 0 Å². The maximum absolute atomic E-state index is 11.5. The summed E-state index contributed by atoms with van der Waals surface area (Å²) in [4.78, 5) is 10.8. The van der Waals surface area contributed by atoms with E-state index >= 15 is 0 Å². The average molecular weight is 500 g/mol. The first-order chi connectivity index (χ1) is 16.8. The van der Waals surface area contributed by atoms with Crippen LogP contribution in [0, 0.1) is 11.3 Å². The maximum atomic E-state index is 11.5. The Morgan fingerprint density at radius 3 is 2.23 bits per heavy atom. The Kier molecular flexibility index (Phi) is 10.3. The van der Waals surface area contributed by atoms with Gasteiger partial charge in [-0.3, -0.25) is 4.79 Å². The van der Waals surface area contributed by atoms with Crippen LogP contribution in [0.5, 0.6) is 0 Å². The van der Waals surface area contributed by atoms with E-state index in [9.17, 15) is 13.2 Å². The smallest absolute Gasteiger partial charge is 0.207 e. The number of nitrogens with one attached hydrogen (secondary N) is 3. The van der Waals surface area contributed by atoms with Gasteiger partial charge in [0.25, 0.3) is 0 Å². The van der Waals surface area contributed by atoms with E-state index in [2.05, 4.69) is 53.2 Å². The van der Waals surface area contributed by atoms with Crippen LogP contribution in [-0.2, 0) is 21.1 Å². The lowest BCUT2D eigenvalue weighted by molar-refractivity contribution is -0.109. The molecule has 1 amide bonds. The van der Waals surface area contributed by atoms with Crippen molar-refractivity contribution in [3.63, 3.8) is 0 Å². The van der Waals surface area contributed by atoms with Crippen LogP contribution in [0.1, 0.15) is 49.7 Å². The zero-order valence-electron chi connectivity index (χ0n) is 21.1. The molecule has 2 fully saturated rings. The molecule has 2 aromatic rings. The average Bonchev–Trinajstić information content (AvgIpc) is 3.30. The fourth-order valence-corrected chi connectivity index (χ4v) is 5.88. The molecule has 2 aliphatic rings. The van der Waals surface area contributed by atoms with Crippen LogP contribution in [-0.4, -0.2) is 53.8 Å². The number of benzene rings is 2. The summed E-state index contributed by atoms with van der Waals surface area (Å²) < 4.78 is 23.0. The van der Waals surface area contributed by atoms with Crippen molar-refractivity contribution >= 4 is 16.2 Å². The SMILES string of the molecule is CS(=O)(=O)c1ccc(CCC2(CCNC=O)CCNCC2)cc1.C[C@H]1CNCC1c1ccccc1. The quantitative estimate of drug-likeness (QED) is 0.363. The van der Waals surface area contributed by atoms with Crippen molar-refractivity contribution < 1.29 is 13.2 Å². The highest BCUT2D eigenvalue weighted by atomic mass is 32.2. The van der Waals surface area contributed by atoms with Gasteiger partial charge in [-0.05, 0) is 86.3 Å². The highest BCUT2D eigenvalue weighted by Gasteiger charge is 2.31.